The summed E-state index contributed by atoms with van der Waals surface area (Å²) in [6, 6.07) is 9.39. The molecule has 1 aliphatic rings. The van der Waals surface area contributed by atoms with Crippen LogP contribution in [0.1, 0.15) is 31.2 Å². The topological polar surface area (TPSA) is 96.2 Å². The summed E-state index contributed by atoms with van der Waals surface area (Å²) in [5.41, 5.74) is -0.139. The van der Waals surface area contributed by atoms with Crippen LogP contribution in [-0.2, 0) is 20.9 Å². The number of unbranched alkanes of at least 4 members (excludes halogenated alkanes) is 1. The minimum absolute atomic E-state index is 0.151. The van der Waals surface area contributed by atoms with E-state index in [-0.39, 0.29) is 13.0 Å². The van der Waals surface area contributed by atoms with E-state index in [4.69, 9.17) is 9.84 Å². The van der Waals surface area contributed by atoms with Gasteiger partial charge >= 0.3 is 11.9 Å². The Hall–Kier alpha value is -2.47. The Morgan fingerprint density at radius 2 is 1.96 bits per heavy atom. The van der Waals surface area contributed by atoms with Crippen molar-refractivity contribution in [2.24, 2.45) is 4.99 Å². The van der Waals surface area contributed by atoms with Crippen LogP contribution in [0.3, 0.4) is 0 Å². The van der Waals surface area contributed by atoms with Crippen LogP contribution in [0.5, 0.6) is 0 Å². The van der Waals surface area contributed by atoms with Gasteiger partial charge in [0.2, 0.25) is 0 Å². The van der Waals surface area contributed by atoms with Gasteiger partial charge in [-0.2, -0.15) is 0 Å². The van der Waals surface area contributed by atoms with E-state index in [1.165, 1.54) is 0 Å². The van der Waals surface area contributed by atoms with Crippen LogP contribution in [0, 0.1) is 0 Å². The molecule has 2 N–H and O–H groups in total. The minimum Gasteiger partial charge on any atom is -0.479 e. The van der Waals surface area contributed by atoms with Crippen molar-refractivity contribution in [3.63, 3.8) is 0 Å². The standard InChI is InChI=1S/C18H21NO5/c20-15(16(21)22)9-4-5-10-18(11-6-12-19-18)17(23)24-13-14-7-2-1-3-8-14/h1-3,6-8,11-12,15,20H,4-5,9-10,13H2,(H,21,22). The lowest BCUT2D eigenvalue weighted by molar-refractivity contribution is -0.150. The van der Waals surface area contributed by atoms with Crippen molar-refractivity contribution >= 4 is 18.2 Å². The maximum absolute atomic E-state index is 12.4. The number of aliphatic hydroxyl groups is 1. The van der Waals surface area contributed by atoms with E-state index in [1.807, 2.05) is 30.3 Å². The summed E-state index contributed by atoms with van der Waals surface area (Å²) < 4.78 is 5.38. The molecule has 128 valence electrons. The van der Waals surface area contributed by atoms with E-state index in [0.717, 1.165) is 5.56 Å². The van der Waals surface area contributed by atoms with Gasteiger partial charge in [0.05, 0.1) is 0 Å². The molecule has 0 spiro atoms. The predicted molar refractivity (Wildman–Crippen MR) is 88.7 cm³/mol. The summed E-state index contributed by atoms with van der Waals surface area (Å²) in [5, 5.41) is 17.9. The molecule has 2 unspecified atom stereocenters. The molecule has 2 atom stereocenters. The smallest absolute Gasteiger partial charge is 0.338 e. The number of nitrogens with zero attached hydrogens (tertiary/aromatic N) is 1. The number of aliphatic hydroxyl groups excluding tert-OH is 1. The number of ether oxygens (including phenoxy) is 1. The lowest BCUT2D eigenvalue weighted by Crippen LogP contribution is -2.35. The average Bonchev–Trinajstić information content (AvgIpc) is 3.07. The van der Waals surface area contributed by atoms with E-state index >= 15 is 0 Å². The van der Waals surface area contributed by atoms with Crippen LogP contribution in [0.25, 0.3) is 0 Å². The van der Waals surface area contributed by atoms with Crippen molar-refractivity contribution in [2.45, 2.75) is 43.9 Å². The second kappa shape index (κ2) is 8.40. The number of esters is 1. The third kappa shape index (κ3) is 4.76. The average molecular weight is 331 g/mol. The summed E-state index contributed by atoms with van der Waals surface area (Å²) in [4.78, 5) is 27.3. The maximum atomic E-state index is 12.4. The SMILES string of the molecule is O=C(O)C(O)CCCCC1(C(=O)OCc2ccccc2)C=CC=N1. The Labute approximate surface area is 140 Å². The summed E-state index contributed by atoms with van der Waals surface area (Å²) >= 11 is 0. The van der Waals surface area contributed by atoms with E-state index < -0.39 is 23.6 Å². The molecule has 0 saturated carbocycles. The zero-order chi connectivity index (χ0) is 17.4. The van der Waals surface area contributed by atoms with Gasteiger partial charge in [0.25, 0.3) is 0 Å². The van der Waals surface area contributed by atoms with Gasteiger partial charge in [0.1, 0.15) is 6.61 Å². The molecule has 1 aliphatic heterocycles. The second-order valence-corrected chi connectivity index (χ2v) is 5.72. The van der Waals surface area contributed by atoms with Crippen molar-refractivity contribution < 1.29 is 24.5 Å². The van der Waals surface area contributed by atoms with Crippen molar-refractivity contribution in [2.75, 3.05) is 0 Å². The number of benzene rings is 1. The number of hydrogen-bond donors (Lipinski definition) is 2. The zero-order valence-electron chi connectivity index (χ0n) is 13.3. The van der Waals surface area contributed by atoms with Gasteiger partial charge in [0, 0.05) is 6.21 Å². The normalized spacial score (nSPS) is 20.0. The number of allylic oxidation sites excluding steroid dienone is 1. The molecule has 0 fully saturated rings. The Balaban J connectivity index is 1.85. The van der Waals surface area contributed by atoms with E-state index in [0.29, 0.717) is 19.3 Å². The van der Waals surface area contributed by atoms with Crippen molar-refractivity contribution in [1.29, 1.82) is 0 Å². The van der Waals surface area contributed by atoms with Gasteiger partial charge in [0.15, 0.2) is 11.6 Å². The van der Waals surface area contributed by atoms with Crippen LogP contribution in [0.15, 0.2) is 47.5 Å². The maximum Gasteiger partial charge on any atom is 0.338 e. The Morgan fingerprint density at radius 3 is 2.58 bits per heavy atom. The molecule has 6 heteroatoms. The molecule has 24 heavy (non-hydrogen) atoms. The minimum atomic E-state index is -1.37. The number of rotatable bonds is 9. The largest absolute Gasteiger partial charge is 0.479 e. The van der Waals surface area contributed by atoms with Crippen LogP contribution >= 0.6 is 0 Å². The summed E-state index contributed by atoms with van der Waals surface area (Å²) in [6.07, 6.45) is 5.22. The number of carbonyl (C=O) groups is 2. The van der Waals surface area contributed by atoms with Crippen LogP contribution in [0.2, 0.25) is 0 Å². The molecule has 0 radical (unpaired) electrons. The Morgan fingerprint density at radius 1 is 1.21 bits per heavy atom. The van der Waals surface area contributed by atoms with Gasteiger partial charge in [-0.15, -0.1) is 0 Å². The highest BCUT2D eigenvalue weighted by atomic mass is 16.5. The molecule has 0 bridgehead atoms. The fourth-order valence-electron chi connectivity index (χ4n) is 2.50. The van der Waals surface area contributed by atoms with Gasteiger partial charge in [-0.3, -0.25) is 4.99 Å². The molecule has 1 aromatic carbocycles. The molecule has 0 amide bonds. The lowest BCUT2D eigenvalue weighted by atomic mass is 9.93. The summed E-state index contributed by atoms with van der Waals surface area (Å²) in [5.74, 6) is -1.65. The molecule has 1 heterocycles. The highest BCUT2D eigenvalue weighted by molar-refractivity contribution is 5.91. The predicted octanol–water partition coefficient (Wildman–Crippen LogP) is 2.12. The fourth-order valence-corrected chi connectivity index (χ4v) is 2.50. The van der Waals surface area contributed by atoms with Crippen LogP contribution < -0.4 is 0 Å². The number of carboxylic acids is 1. The monoisotopic (exact) mass is 331 g/mol. The number of aliphatic imine (C=N–C) groups is 1. The first kappa shape index (κ1) is 17.9. The molecular formula is C18H21NO5. The molecule has 1 aromatic rings. The first-order chi connectivity index (χ1) is 11.5. The first-order valence-corrected chi connectivity index (χ1v) is 7.88. The van der Waals surface area contributed by atoms with Crippen molar-refractivity contribution in [1.82, 2.24) is 0 Å². The summed E-state index contributed by atoms with van der Waals surface area (Å²) in [7, 11) is 0. The third-order valence-electron chi connectivity index (χ3n) is 3.90. The lowest BCUT2D eigenvalue weighted by Gasteiger charge is -2.22. The molecular weight excluding hydrogens is 310 g/mol. The second-order valence-electron chi connectivity index (χ2n) is 5.72. The fraction of sp³-hybridized carbons (Fsp3) is 0.389. The van der Waals surface area contributed by atoms with Gasteiger partial charge < -0.3 is 14.9 Å². The van der Waals surface area contributed by atoms with Gasteiger partial charge in [-0.1, -0.05) is 36.8 Å². The number of aliphatic carboxylic acids is 1. The Kier molecular flexibility index (Phi) is 6.26. The van der Waals surface area contributed by atoms with Crippen molar-refractivity contribution in [3.05, 3.63) is 48.0 Å². The first-order valence-electron chi connectivity index (χ1n) is 7.88. The van der Waals surface area contributed by atoms with Crippen molar-refractivity contribution in [3.8, 4) is 0 Å². The molecule has 0 aromatic heterocycles. The molecule has 6 nitrogen and oxygen atoms in total. The third-order valence-corrected chi connectivity index (χ3v) is 3.90. The van der Waals surface area contributed by atoms with Crippen LogP contribution in [-0.4, -0.2) is 40.0 Å². The zero-order valence-corrected chi connectivity index (χ0v) is 13.3. The van der Waals surface area contributed by atoms with E-state index in [9.17, 15) is 14.7 Å². The van der Waals surface area contributed by atoms with E-state index in [1.54, 1.807) is 18.4 Å². The van der Waals surface area contributed by atoms with Gasteiger partial charge in [-0.05, 0) is 37.0 Å². The van der Waals surface area contributed by atoms with Crippen LogP contribution in [0.4, 0.5) is 0 Å². The summed E-state index contributed by atoms with van der Waals surface area (Å²) in [6.45, 7) is 0.183. The number of carbonyl (C=O) groups excluding carboxylic acids is 1. The highest BCUT2D eigenvalue weighted by Gasteiger charge is 2.37. The Bertz CT molecular complexity index is 612. The molecule has 2 rings (SSSR count). The molecule has 0 saturated heterocycles. The number of hydrogen-bond acceptors (Lipinski definition) is 5. The van der Waals surface area contributed by atoms with E-state index in [2.05, 4.69) is 4.99 Å². The quantitative estimate of drug-likeness (QED) is 0.534. The number of carboxylic acid groups (broad SMARTS) is 1. The van der Waals surface area contributed by atoms with Gasteiger partial charge in [-0.25, -0.2) is 9.59 Å². The highest BCUT2D eigenvalue weighted by Crippen LogP contribution is 2.27. The molecule has 0 aliphatic carbocycles.